The molecule has 1 saturated carbocycles. The van der Waals surface area contributed by atoms with Crippen molar-refractivity contribution in [1.29, 1.82) is 0 Å². The zero-order valence-corrected chi connectivity index (χ0v) is 13.3. The molecular weight excluding hydrogens is 248 g/mol. The van der Waals surface area contributed by atoms with Crippen LogP contribution < -0.4 is 10.2 Å². The zero-order valence-electron chi connectivity index (χ0n) is 13.3. The highest BCUT2D eigenvalue weighted by molar-refractivity contribution is 5.30. The van der Waals surface area contributed by atoms with Crippen molar-refractivity contribution in [2.45, 2.75) is 65.1 Å². The van der Waals surface area contributed by atoms with E-state index in [2.05, 4.69) is 48.0 Å². The molecule has 2 atom stereocenters. The highest BCUT2D eigenvalue weighted by Gasteiger charge is 2.23. The smallest absolute Gasteiger partial charge is 0.225 e. The van der Waals surface area contributed by atoms with Crippen molar-refractivity contribution in [3.8, 4) is 0 Å². The van der Waals surface area contributed by atoms with Crippen molar-refractivity contribution in [2.24, 2.45) is 5.92 Å². The van der Waals surface area contributed by atoms with E-state index in [0.29, 0.717) is 12.1 Å². The lowest BCUT2D eigenvalue weighted by molar-refractivity contribution is 0.334. The lowest BCUT2D eigenvalue weighted by atomic mass is 9.86. The van der Waals surface area contributed by atoms with Crippen LogP contribution in [0.25, 0.3) is 0 Å². The average Bonchev–Trinajstić information content (AvgIpc) is 2.45. The van der Waals surface area contributed by atoms with E-state index in [0.717, 1.165) is 24.0 Å². The monoisotopic (exact) mass is 276 g/mol. The summed E-state index contributed by atoms with van der Waals surface area (Å²) in [5, 5.41) is 3.39. The highest BCUT2D eigenvalue weighted by Crippen LogP contribution is 2.28. The van der Waals surface area contributed by atoms with E-state index in [1.165, 1.54) is 25.7 Å². The maximum absolute atomic E-state index is 4.53. The van der Waals surface area contributed by atoms with Crippen LogP contribution in [0.3, 0.4) is 0 Å². The van der Waals surface area contributed by atoms with Gasteiger partial charge in [-0.15, -0.1) is 0 Å². The lowest BCUT2D eigenvalue weighted by Gasteiger charge is -2.34. The van der Waals surface area contributed by atoms with Gasteiger partial charge >= 0.3 is 0 Å². The summed E-state index contributed by atoms with van der Waals surface area (Å²) >= 11 is 0. The summed E-state index contributed by atoms with van der Waals surface area (Å²) in [7, 11) is 2.13. The van der Waals surface area contributed by atoms with Crippen LogP contribution in [0.1, 0.15) is 52.0 Å². The minimum atomic E-state index is 0.487. The number of nitrogens with zero attached hydrogens (tertiary/aromatic N) is 3. The Morgan fingerprint density at radius 1 is 1.30 bits per heavy atom. The number of aromatic nitrogens is 2. The Hall–Kier alpha value is -1.16. The van der Waals surface area contributed by atoms with Crippen molar-refractivity contribution in [3.63, 3.8) is 0 Å². The third kappa shape index (κ3) is 4.17. The van der Waals surface area contributed by atoms with Gasteiger partial charge in [0.15, 0.2) is 0 Å². The van der Waals surface area contributed by atoms with Gasteiger partial charge in [-0.1, -0.05) is 33.6 Å². The van der Waals surface area contributed by atoms with Crippen LogP contribution in [0.5, 0.6) is 0 Å². The molecule has 112 valence electrons. The zero-order chi connectivity index (χ0) is 14.5. The van der Waals surface area contributed by atoms with Crippen LogP contribution in [0.2, 0.25) is 0 Å². The predicted octanol–water partition coefficient (Wildman–Crippen LogP) is 2.99. The standard InChI is InChI=1S/C16H28N4/c1-12(2)17-9-14-10-18-16(19-11-14)20(4)15-7-5-6-13(3)8-15/h10-13,15,17H,5-9H2,1-4H3. The Kier molecular flexibility index (Phi) is 5.35. The van der Waals surface area contributed by atoms with Crippen LogP contribution in [0, 0.1) is 5.92 Å². The number of anilines is 1. The molecule has 4 heteroatoms. The number of hydrogen-bond acceptors (Lipinski definition) is 4. The highest BCUT2D eigenvalue weighted by atomic mass is 15.2. The van der Waals surface area contributed by atoms with Crippen molar-refractivity contribution >= 4 is 5.95 Å². The van der Waals surface area contributed by atoms with E-state index >= 15 is 0 Å². The molecule has 0 saturated heterocycles. The van der Waals surface area contributed by atoms with Gasteiger partial charge in [0.25, 0.3) is 0 Å². The molecule has 1 aromatic rings. The summed E-state index contributed by atoms with van der Waals surface area (Å²) in [6.07, 6.45) is 9.11. The normalized spacial score (nSPS) is 23.1. The van der Waals surface area contributed by atoms with Crippen molar-refractivity contribution in [3.05, 3.63) is 18.0 Å². The summed E-state index contributed by atoms with van der Waals surface area (Å²) in [6, 6.07) is 1.08. The molecule has 0 amide bonds. The van der Waals surface area contributed by atoms with Gasteiger partial charge in [-0.05, 0) is 18.8 Å². The second-order valence-electron chi connectivity index (χ2n) is 6.46. The van der Waals surface area contributed by atoms with Crippen LogP contribution in [0.15, 0.2) is 12.4 Å². The Balaban J connectivity index is 1.94. The number of nitrogens with one attached hydrogen (secondary N) is 1. The molecule has 0 radical (unpaired) electrons. The van der Waals surface area contributed by atoms with E-state index in [1.807, 2.05) is 12.4 Å². The second-order valence-corrected chi connectivity index (χ2v) is 6.46. The maximum atomic E-state index is 4.53. The summed E-state index contributed by atoms with van der Waals surface area (Å²) in [6.45, 7) is 7.48. The summed E-state index contributed by atoms with van der Waals surface area (Å²) < 4.78 is 0. The number of rotatable bonds is 5. The molecule has 2 rings (SSSR count). The first-order chi connectivity index (χ1) is 9.56. The summed E-state index contributed by atoms with van der Waals surface area (Å²) in [5.74, 6) is 1.68. The van der Waals surface area contributed by atoms with Gasteiger partial charge < -0.3 is 10.2 Å². The molecule has 4 nitrogen and oxygen atoms in total. The topological polar surface area (TPSA) is 41.1 Å². The van der Waals surface area contributed by atoms with Crippen LogP contribution in [-0.2, 0) is 6.54 Å². The van der Waals surface area contributed by atoms with E-state index in [4.69, 9.17) is 0 Å². The van der Waals surface area contributed by atoms with Gasteiger partial charge in [-0.2, -0.15) is 0 Å². The molecule has 1 aliphatic carbocycles. The van der Waals surface area contributed by atoms with E-state index < -0.39 is 0 Å². The van der Waals surface area contributed by atoms with Crippen LogP contribution in [0.4, 0.5) is 5.95 Å². The Labute approximate surface area is 123 Å². The quantitative estimate of drug-likeness (QED) is 0.897. The van der Waals surface area contributed by atoms with E-state index in [1.54, 1.807) is 0 Å². The third-order valence-corrected chi connectivity index (χ3v) is 4.18. The number of hydrogen-bond donors (Lipinski definition) is 1. The minimum absolute atomic E-state index is 0.487. The van der Waals surface area contributed by atoms with Crippen LogP contribution >= 0.6 is 0 Å². The molecule has 0 bridgehead atoms. The van der Waals surface area contributed by atoms with Crippen molar-refractivity contribution in [2.75, 3.05) is 11.9 Å². The molecule has 20 heavy (non-hydrogen) atoms. The van der Waals surface area contributed by atoms with Gasteiger partial charge in [0, 0.05) is 43.6 Å². The SMILES string of the molecule is CC1CCCC(N(C)c2ncc(CNC(C)C)cn2)C1. The molecule has 2 unspecified atom stereocenters. The van der Waals surface area contributed by atoms with Gasteiger partial charge in [0.2, 0.25) is 5.95 Å². The first-order valence-electron chi connectivity index (χ1n) is 7.83. The van der Waals surface area contributed by atoms with Gasteiger partial charge in [-0.25, -0.2) is 9.97 Å². The van der Waals surface area contributed by atoms with Crippen LogP contribution in [-0.4, -0.2) is 29.1 Å². The molecule has 0 aliphatic heterocycles. The molecule has 1 fully saturated rings. The van der Waals surface area contributed by atoms with Gasteiger partial charge in [0.1, 0.15) is 0 Å². The molecule has 0 spiro atoms. The molecule has 1 heterocycles. The maximum Gasteiger partial charge on any atom is 0.225 e. The first kappa shape index (κ1) is 15.2. The molecular formula is C16H28N4. The summed E-state index contributed by atoms with van der Waals surface area (Å²) in [5.41, 5.74) is 1.15. The fourth-order valence-corrected chi connectivity index (χ4v) is 2.86. The predicted molar refractivity (Wildman–Crippen MR) is 83.8 cm³/mol. The Morgan fingerprint density at radius 2 is 2.00 bits per heavy atom. The summed E-state index contributed by atoms with van der Waals surface area (Å²) in [4.78, 5) is 11.3. The fourth-order valence-electron chi connectivity index (χ4n) is 2.86. The fraction of sp³-hybridized carbons (Fsp3) is 0.750. The van der Waals surface area contributed by atoms with Gasteiger partial charge in [0.05, 0.1) is 0 Å². The van der Waals surface area contributed by atoms with Crippen molar-refractivity contribution < 1.29 is 0 Å². The first-order valence-corrected chi connectivity index (χ1v) is 7.83. The third-order valence-electron chi connectivity index (χ3n) is 4.18. The minimum Gasteiger partial charge on any atom is -0.341 e. The molecule has 0 aromatic carbocycles. The molecule has 1 aromatic heterocycles. The average molecular weight is 276 g/mol. The molecule has 1 N–H and O–H groups in total. The largest absolute Gasteiger partial charge is 0.341 e. The Morgan fingerprint density at radius 3 is 2.60 bits per heavy atom. The van der Waals surface area contributed by atoms with E-state index in [-0.39, 0.29) is 0 Å². The lowest BCUT2D eigenvalue weighted by Crippen LogP contribution is -2.36. The molecule has 1 aliphatic rings. The second kappa shape index (κ2) is 7.02. The van der Waals surface area contributed by atoms with E-state index in [9.17, 15) is 0 Å². The Bertz CT molecular complexity index is 401. The van der Waals surface area contributed by atoms with Crippen molar-refractivity contribution in [1.82, 2.24) is 15.3 Å². The van der Waals surface area contributed by atoms with Gasteiger partial charge in [-0.3, -0.25) is 0 Å².